The molecule has 1 amide bonds. The van der Waals surface area contributed by atoms with Crippen molar-refractivity contribution >= 4 is 17.5 Å². The van der Waals surface area contributed by atoms with Crippen molar-refractivity contribution in [1.82, 2.24) is 29.8 Å². The van der Waals surface area contributed by atoms with Crippen LogP contribution >= 0.6 is 0 Å². The number of hydrogen-bond donors (Lipinski definition) is 2. The van der Waals surface area contributed by atoms with Gasteiger partial charge < -0.3 is 20.3 Å². The summed E-state index contributed by atoms with van der Waals surface area (Å²) in [5.74, 6) is 1.53. The third-order valence-electron chi connectivity index (χ3n) is 5.55. The average Bonchev–Trinajstić information content (AvgIpc) is 3.24. The van der Waals surface area contributed by atoms with Crippen molar-refractivity contribution in [3.05, 3.63) is 47.4 Å². The van der Waals surface area contributed by atoms with Gasteiger partial charge in [-0.25, -0.2) is 4.98 Å². The first kappa shape index (κ1) is 21.0. The van der Waals surface area contributed by atoms with Gasteiger partial charge in [0.2, 0.25) is 11.8 Å². The second-order valence-corrected chi connectivity index (χ2v) is 8.05. The number of anilines is 1. The Morgan fingerprint density at radius 1 is 1.19 bits per heavy atom. The van der Waals surface area contributed by atoms with Crippen molar-refractivity contribution in [2.24, 2.45) is 0 Å². The Kier molecular flexibility index (Phi) is 6.03. The first-order valence-electron chi connectivity index (χ1n) is 10.6. The van der Waals surface area contributed by atoms with Crippen LogP contribution in [0.5, 0.6) is 5.75 Å². The van der Waals surface area contributed by atoms with Gasteiger partial charge in [0.15, 0.2) is 5.65 Å². The van der Waals surface area contributed by atoms with Crippen molar-refractivity contribution < 1.29 is 9.53 Å². The lowest BCUT2D eigenvalue weighted by molar-refractivity contribution is 0.0723. The molecule has 4 rings (SSSR count). The summed E-state index contributed by atoms with van der Waals surface area (Å²) < 4.78 is 7.03. The van der Waals surface area contributed by atoms with Gasteiger partial charge in [0, 0.05) is 31.7 Å². The number of rotatable bonds is 6. The number of aromatic nitrogens is 4. The summed E-state index contributed by atoms with van der Waals surface area (Å²) in [5.41, 5.74) is 2.68. The number of nitrogens with one attached hydrogen (secondary N) is 2. The van der Waals surface area contributed by atoms with Crippen molar-refractivity contribution in [2.45, 2.75) is 32.7 Å². The highest BCUT2D eigenvalue weighted by Crippen LogP contribution is 2.25. The number of amides is 1. The molecule has 3 heterocycles. The summed E-state index contributed by atoms with van der Waals surface area (Å²) >= 11 is 0. The molecule has 2 aromatic heterocycles. The molecule has 164 valence electrons. The van der Waals surface area contributed by atoms with Gasteiger partial charge in [-0.2, -0.15) is 14.6 Å². The SMILES string of the molecule is COc1cccc([C@H](C)Nc2nc(C(=O)N3CCNCC3)nc3c(C(C)C)cnn23)c1. The second kappa shape index (κ2) is 8.89. The average molecular weight is 424 g/mol. The zero-order chi connectivity index (χ0) is 22.0. The summed E-state index contributed by atoms with van der Waals surface area (Å²) in [6.07, 6.45) is 1.80. The van der Waals surface area contributed by atoms with Crippen LogP contribution in [0, 0.1) is 0 Å². The Morgan fingerprint density at radius 2 is 1.97 bits per heavy atom. The van der Waals surface area contributed by atoms with E-state index in [2.05, 4.69) is 39.5 Å². The van der Waals surface area contributed by atoms with E-state index in [0.717, 1.165) is 30.0 Å². The smallest absolute Gasteiger partial charge is 0.291 e. The maximum Gasteiger partial charge on any atom is 0.291 e. The van der Waals surface area contributed by atoms with Crippen LogP contribution in [0.15, 0.2) is 30.5 Å². The number of hydrogen-bond acceptors (Lipinski definition) is 7. The molecule has 2 N–H and O–H groups in total. The van der Waals surface area contributed by atoms with Gasteiger partial charge in [0.05, 0.1) is 19.3 Å². The number of ether oxygens (including phenoxy) is 1. The molecule has 1 saturated heterocycles. The van der Waals surface area contributed by atoms with Crippen LogP contribution in [0.2, 0.25) is 0 Å². The Labute approximate surface area is 181 Å². The zero-order valence-electron chi connectivity index (χ0n) is 18.4. The molecule has 0 unspecified atom stereocenters. The maximum atomic E-state index is 13.1. The monoisotopic (exact) mass is 423 g/mol. The van der Waals surface area contributed by atoms with Crippen molar-refractivity contribution in [1.29, 1.82) is 0 Å². The maximum absolute atomic E-state index is 13.1. The van der Waals surface area contributed by atoms with Gasteiger partial charge in [-0.3, -0.25) is 4.79 Å². The van der Waals surface area contributed by atoms with Gasteiger partial charge in [-0.15, -0.1) is 0 Å². The first-order valence-corrected chi connectivity index (χ1v) is 10.6. The molecule has 9 heteroatoms. The predicted molar refractivity (Wildman–Crippen MR) is 119 cm³/mol. The van der Waals surface area contributed by atoms with E-state index in [-0.39, 0.29) is 23.7 Å². The largest absolute Gasteiger partial charge is 0.497 e. The van der Waals surface area contributed by atoms with Crippen LogP contribution in [0.3, 0.4) is 0 Å². The number of carbonyl (C=O) groups is 1. The highest BCUT2D eigenvalue weighted by molar-refractivity contribution is 5.91. The van der Waals surface area contributed by atoms with Crippen LogP contribution in [0.4, 0.5) is 5.95 Å². The standard InChI is InChI=1S/C22H29N7O2/c1-14(2)18-13-24-29-20(18)26-19(21(30)28-10-8-23-9-11-28)27-22(29)25-15(3)16-6-5-7-17(12-16)31-4/h5-7,12-15,23H,8-11H2,1-4H3,(H,25,26,27)/t15-/m0/s1. The van der Waals surface area contributed by atoms with Crippen LogP contribution < -0.4 is 15.4 Å². The number of fused-ring (bicyclic) bond motifs is 1. The number of benzene rings is 1. The molecule has 1 aliphatic rings. The fourth-order valence-electron chi connectivity index (χ4n) is 3.69. The van der Waals surface area contributed by atoms with Crippen molar-refractivity contribution in [3.63, 3.8) is 0 Å². The molecule has 1 fully saturated rings. The van der Waals surface area contributed by atoms with Crippen LogP contribution in [0.25, 0.3) is 5.65 Å². The lowest BCUT2D eigenvalue weighted by atomic mass is 10.1. The molecular formula is C22H29N7O2. The van der Waals surface area contributed by atoms with Crippen molar-refractivity contribution in [2.75, 3.05) is 38.6 Å². The van der Waals surface area contributed by atoms with Crippen LogP contribution in [-0.4, -0.2) is 63.7 Å². The number of carbonyl (C=O) groups excluding carboxylic acids is 1. The Balaban J connectivity index is 1.73. The minimum absolute atomic E-state index is 0.0814. The van der Waals surface area contributed by atoms with E-state index in [9.17, 15) is 4.79 Å². The fraction of sp³-hybridized carbons (Fsp3) is 0.455. The minimum atomic E-state index is -0.156. The molecule has 0 aliphatic carbocycles. The molecule has 0 radical (unpaired) electrons. The lowest BCUT2D eigenvalue weighted by Gasteiger charge is -2.27. The van der Waals surface area contributed by atoms with E-state index in [4.69, 9.17) is 4.74 Å². The van der Waals surface area contributed by atoms with Gasteiger partial charge in [0.25, 0.3) is 5.91 Å². The quantitative estimate of drug-likeness (QED) is 0.629. The third-order valence-corrected chi connectivity index (χ3v) is 5.55. The summed E-state index contributed by atoms with van der Waals surface area (Å²) in [4.78, 5) is 24.1. The summed E-state index contributed by atoms with van der Waals surface area (Å²) in [7, 11) is 1.65. The Bertz CT molecular complexity index is 1070. The highest BCUT2D eigenvalue weighted by Gasteiger charge is 2.24. The van der Waals surface area contributed by atoms with Gasteiger partial charge in [-0.1, -0.05) is 26.0 Å². The van der Waals surface area contributed by atoms with E-state index < -0.39 is 0 Å². The van der Waals surface area contributed by atoms with E-state index in [1.54, 1.807) is 22.7 Å². The van der Waals surface area contributed by atoms with Crippen molar-refractivity contribution in [3.8, 4) is 5.75 Å². The lowest BCUT2D eigenvalue weighted by Crippen LogP contribution is -2.47. The molecule has 1 atom stereocenters. The molecule has 1 aromatic carbocycles. The molecule has 3 aromatic rings. The van der Waals surface area contributed by atoms with Gasteiger partial charge >= 0.3 is 0 Å². The van der Waals surface area contributed by atoms with E-state index in [1.165, 1.54) is 0 Å². The molecule has 9 nitrogen and oxygen atoms in total. The van der Waals surface area contributed by atoms with Crippen LogP contribution in [0.1, 0.15) is 54.5 Å². The van der Waals surface area contributed by atoms with Gasteiger partial charge in [-0.05, 0) is 30.5 Å². The second-order valence-electron chi connectivity index (χ2n) is 8.05. The molecule has 31 heavy (non-hydrogen) atoms. The Morgan fingerprint density at radius 3 is 2.68 bits per heavy atom. The third kappa shape index (κ3) is 4.32. The van der Waals surface area contributed by atoms with E-state index in [0.29, 0.717) is 24.7 Å². The van der Waals surface area contributed by atoms with E-state index in [1.807, 2.05) is 31.2 Å². The zero-order valence-corrected chi connectivity index (χ0v) is 18.4. The minimum Gasteiger partial charge on any atom is -0.497 e. The molecule has 0 saturated carbocycles. The number of methoxy groups -OCH3 is 1. The number of nitrogens with zero attached hydrogens (tertiary/aromatic N) is 5. The number of piperazine rings is 1. The van der Waals surface area contributed by atoms with E-state index >= 15 is 0 Å². The topological polar surface area (TPSA) is 96.7 Å². The predicted octanol–water partition coefficient (Wildman–Crippen LogP) is 2.47. The molecule has 0 bridgehead atoms. The summed E-state index contributed by atoms with van der Waals surface area (Å²) in [6, 6.07) is 7.78. The molecule has 0 spiro atoms. The Hall–Kier alpha value is -3.20. The highest BCUT2D eigenvalue weighted by atomic mass is 16.5. The fourth-order valence-corrected chi connectivity index (χ4v) is 3.69. The van der Waals surface area contributed by atoms with Crippen LogP contribution in [-0.2, 0) is 0 Å². The first-order chi connectivity index (χ1) is 15.0. The van der Waals surface area contributed by atoms with Gasteiger partial charge in [0.1, 0.15) is 5.75 Å². The summed E-state index contributed by atoms with van der Waals surface area (Å²) in [5, 5.41) is 11.2. The molecule has 1 aliphatic heterocycles. The molecular weight excluding hydrogens is 394 g/mol. The summed E-state index contributed by atoms with van der Waals surface area (Å²) in [6.45, 7) is 9.05. The normalized spacial score (nSPS) is 15.3.